The second kappa shape index (κ2) is 6.41. The van der Waals surface area contributed by atoms with Gasteiger partial charge in [0.1, 0.15) is 0 Å². The average molecular weight is 300 g/mol. The van der Waals surface area contributed by atoms with Gasteiger partial charge in [0.2, 0.25) is 5.91 Å². The molecule has 1 amide bonds. The molecule has 1 fully saturated rings. The predicted molar refractivity (Wildman–Crippen MR) is 86.1 cm³/mol. The maximum absolute atomic E-state index is 12.7. The normalized spacial score (nSPS) is 19.7. The molecule has 1 aromatic carbocycles. The quantitative estimate of drug-likeness (QED) is 0.943. The van der Waals surface area contributed by atoms with Crippen molar-refractivity contribution >= 4 is 17.2 Å². The van der Waals surface area contributed by atoms with Crippen molar-refractivity contribution in [2.45, 2.75) is 31.3 Å². The number of hydrogen-bond acceptors (Lipinski definition) is 3. The number of rotatable bonds is 4. The number of carbonyl (C=O) groups excluding carboxylic acids is 1. The maximum Gasteiger partial charge on any atom is 0.240 e. The smallest absolute Gasteiger partial charge is 0.240 e. The van der Waals surface area contributed by atoms with Gasteiger partial charge in [0.05, 0.1) is 12.1 Å². The van der Waals surface area contributed by atoms with Gasteiger partial charge in [-0.3, -0.25) is 4.79 Å². The molecule has 2 N–H and O–H groups in total. The van der Waals surface area contributed by atoms with E-state index in [-0.39, 0.29) is 11.9 Å². The van der Waals surface area contributed by atoms with E-state index >= 15 is 0 Å². The number of nitrogens with two attached hydrogens (primary N) is 1. The number of nitrogens with zero attached hydrogens (tertiary/aromatic N) is 1. The Morgan fingerprint density at radius 1 is 1.29 bits per heavy atom. The first-order valence-electron chi connectivity index (χ1n) is 7.39. The molecule has 3 nitrogen and oxygen atoms in total. The van der Waals surface area contributed by atoms with Gasteiger partial charge in [-0.2, -0.15) is 0 Å². The molecule has 0 saturated carbocycles. The lowest BCUT2D eigenvalue weighted by atomic mass is 10.1. The summed E-state index contributed by atoms with van der Waals surface area (Å²) in [6, 6.07) is 13.9. The van der Waals surface area contributed by atoms with Crippen LogP contribution in [-0.2, 0) is 11.2 Å². The highest BCUT2D eigenvalue weighted by molar-refractivity contribution is 7.10. The fraction of sp³-hybridized carbons (Fsp3) is 0.353. The highest BCUT2D eigenvalue weighted by atomic mass is 32.1. The number of hydrogen-bond donors (Lipinski definition) is 1. The summed E-state index contributed by atoms with van der Waals surface area (Å²) in [5.74, 6) is 0.0785. The number of thiophene rings is 1. The summed E-state index contributed by atoms with van der Waals surface area (Å²) in [6.07, 6.45) is 2.71. The minimum atomic E-state index is -0.451. The molecule has 1 unspecified atom stereocenters. The molecule has 21 heavy (non-hydrogen) atoms. The topological polar surface area (TPSA) is 46.3 Å². The molecular formula is C17H20N2OS. The van der Waals surface area contributed by atoms with E-state index in [2.05, 4.69) is 11.4 Å². The average Bonchev–Trinajstić information content (AvgIpc) is 3.18. The summed E-state index contributed by atoms with van der Waals surface area (Å²) in [5, 5.41) is 2.07. The van der Waals surface area contributed by atoms with Crippen molar-refractivity contribution in [1.82, 2.24) is 4.90 Å². The number of benzene rings is 1. The molecule has 0 spiro atoms. The third kappa shape index (κ3) is 3.17. The van der Waals surface area contributed by atoms with Gasteiger partial charge in [-0.1, -0.05) is 36.4 Å². The van der Waals surface area contributed by atoms with Crippen molar-refractivity contribution in [2.24, 2.45) is 5.73 Å². The van der Waals surface area contributed by atoms with Crippen LogP contribution in [0.4, 0.5) is 0 Å². The van der Waals surface area contributed by atoms with Gasteiger partial charge in [-0.15, -0.1) is 11.3 Å². The zero-order valence-corrected chi connectivity index (χ0v) is 12.8. The summed E-state index contributed by atoms with van der Waals surface area (Å²) in [7, 11) is 0. The number of amides is 1. The second-order valence-electron chi connectivity index (χ2n) is 5.50. The molecule has 2 aromatic rings. The SMILES string of the molecule is N[C@H](Cc1ccccc1)C(=O)N1CCCC1c1cccs1. The summed E-state index contributed by atoms with van der Waals surface area (Å²) >= 11 is 1.72. The molecule has 4 heteroatoms. The van der Waals surface area contributed by atoms with Gasteiger partial charge < -0.3 is 10.6 Å². The Morgan fingerprint density at radius 2 is 2.10 bits per heavy atom. The van der Waals surface area contributed by atoms with Gasteiger partial charge in [0, 0.05) is 11.4 Å². The van der Waals surface area contributed by atoms with E-state index in [1.54, 1.807) is 11.3 Å². The predicted octanol–water partition coefficient (Wildman–Crippen LogP) is 2.98. The Labute approximate surface area is 129 Å². The van der Waals surface area contributed by atoms with E-state index in [1.807, 2.05) is 41.3 Å². The van der Waals surface area contributed by atoms with Gasteiger partial charge in [-0.05, 0) is 36.3 Å². The zero-order chi connectivity index (χ0) is 14.7. The second-order valence-corrected chi connectivity index (χ2v) is 6.48. The van der Waals surface area contributed by atoms with Crippen molar-refractivity contribution in [3.8, 4) is 0 Å². The van der Waals surface area contributed by atoms with Crippen molar-refractivity contribution in [3.05, 3.63) is 58.3 Å². The van der Waals surface area contributed by atoms with Gasteiger partial charge >= 0.3 is 0 Å². The molecule has 2 heterocycles. The van der Waals surface area contributed by atoms with Crippen LogP contribution in [0, 0.1) is 0 Å². The molecule has 1 aromatic heterocycles. The highest BCUT2D eigenvalue weighted by Crippen LogP contribution is 2.34. The lowest BCUT2D eigenvalue weighted by molar-refractivity contribution is -0.133. The lowest BCUT2D eigenvalue weighted by Gasteiger charge is -2.27. The molecule has 0 bridgehead atoms. The fourth-order valence-corrected chi connectivity index (χ4v) is 3.85. The largest absolute Gasteiger partial charge is 0.333 e. The molecule has 110 valence electrons. The fourth-order valence-electron chi connectivity index (χ4n) is 2.98. The van der Waals surface area contributed by atoms with Crippen LogP contribution in [0.25, 0.3) is 0 Å². The molecule has 2 atom stereocenters. The van der Waals surface area contributed by atoms with Crippen LogP contribution in [0.2, 0.25) is 0 Å². The Morgan fingerprint density at radius 3 is 2.81 bits per heavy atom. The third-order valence-corrected chi connectivity index (χ3v) is 5.00. The Balaban J connectivity index is 1.69. The molecule has 3 rings (SSSR count). The first-order chi connectivity index (χ1) is 10.3. The van der Waals surface area contributed by atoms with Crippen LogP contribution in [0.1, 0.15) is 29.3 Å². The zero-order valence-electron chi connectivity index (χ0n) is 11.9. The summed E-state index contributed by atoms with van der Waals surface area (Å²) < 4.78 is 0. The van der Waals surface area contributed by atoms with Crippen LogP contribution >= 0.6 is 11.3 Å². The van der Waals surface area contributed by atoms with Crippen molar-refractivity contribution in [1.29, 1.82) is 0 Å². The van der Waals surface area contributed by atoms with E-state index in [9.17, 15) is 4.79 Å². The van der Waals surface area contributed by atoms with Crippen molar-refractivity contribution < 1.29 is 4.79 Å². The van der Waals surface area contributed by atoms with Crippen LogP contribution in [0.3, 0.4) is 0 Å². The van der Waals surface area contributed by atoms with Gasteiger partial charge in [0.25, 0.3) is 0 Å². The van der Waals surface area contributed by atoms with Gasteiger partial charge in [0.15, 0.2) is 0 Å². The van der Waals surface area contributed by atoms with Crippen LogP contribution in [0.15, 0.2) is 47.8 Å². The third-order valence-electron chi connectivity index (χ3n) is 4.02. The van der Waals surface area contributed by atoms with E-state index in [1.165, 1.54) is 4.88 Å². The molecule has 0 aliphatic carbocycles. The Bertz CT molecular complexity index is 582. The van der Waals surface area contributed by atoms with E-state index in [4.69, 9.17) is 5.73 Å². The molecular weight excluding hydrogens is 280 g/mol. The monoisotopic (exact) mass is 300 g/mol. The van der Waals surface area contributed by atoms with E-state index in [0.717, 1.165) is 24.9 Å². The van der Waals surface area contributed by atoms with E-state index in [0.29, 0.717) is 6.42 Å². The molecule has 0 radical (unpaired) electrons. The molecule has 1 aliphatic heterocycles. The highest BCUT2D eigenvalue weighted by Gasteiger charge is 2.33. The van der Waals surface area contributed by atoms with Crippen molar-refractivity contribution in [3.63, 3.8) is 0 Å². The lowest BCUT2D eigenvalue weighted by Crippen LogP contribution is -2.44. The van der Waals surface area contributed by atoms with Crippen LogP contribution < -0.4 is 5.73 Å². The number of carbonyl (C=O) groups is 1. The maximum atomic E-state index is 12.7. The number of likely N-dealkylation sites (tertiary alicyclic amines) is 1. The van der Waals surface area contributed by atoms with Gasteiger partial charge in [-0.25, -0.2) is 0 Å². The van der Waals surface area contributed by atoms with E-state index < -0.39 is 6.04 Å². The minimum Gasteiger partial charge on any atom is -0.333 e. The summed E-state index contributed by atoms with van der Waals surface area (Å²) in [6.45, 7) is 0.823. The summed E-state index contributed by atoms with van der Waals surface area (Å²) in [5.41, 5.74) is 7.27. The summed E-state index contributed by atoms with van der Waals surface area (Å²) in [4.78, 5) is 15.9. The standard InChI is InChI=1S/C17H20N2OS/c18-14(12-13-6-2-1-3-7-13)17(20)19-10-4-8-15(19)16-9-5-11-21-16/h1-3,5-7,9,11,14-15H,4,8,10,12,18H2/t14-,15?/m1/s1. The molecule has 1 saturated heterocycles. The van der Waals surface area contributed by atoms with Crippen LogP contribution in [-0.4, -0.2) is 23.4 Å². The first kappa shape index (κ1) is 14.3. The first-order valence-corrected chi connectivity index (χ1v) is 8.27. The minimum absolute atomic E-state index is 0.0785. The van der Waals surface area contributed by atoms with Crippen molar-refractivity contribution in [2.75, 3.05) is 6.54 Å². The Hall–Kier alpha value is -1.65. The molecule has 1 aliphatic rings. The van der Waals surface area contributed by atoms with Crippen LogP contribution in [0.5, 0.6) is 0 Å². The Kier molecular flexibility index (Phi) is 4.36.